The molecule has 0 amide bonds. The minimum absolute atomic E-state index is 0.0272. The maximum absolute atomic E-state index is 15.3. The number of benzene rings is 3. The van der Waals surface area contributed by atoms with Gasteiger partial charge in [0.25, 0.3) is 0 Å². The lowest BCUT2D eigenvalue weighted by atomic mass is 9.87. The maximum Gasteiger partial charge on any atom is 0.201 e. The summed E-state index contributed by atoms with van der Waals surface area (Å²) in [6, 6.07) is 15.5. The Hall–Kier alpha value is -3.52. The predicted molar refractivity (Wildman–Crippen MR) is 142 cm³/mol. The molecule has 1 saturated heterocycles. The van der Waals surface area contributed by atoms with E-state index in [1.807, 2.05) is 24.3 Å². The van der Waals surface area contributed by atoms with Gasteiger partial charge >= 0.3 is 0 Å². The van der Waals surface area contributed by atoms with Crippen molar-refractivity contribution >= 4 is 11.1 Å². The van der Waals surface area contributed by atoms with E-state index in [-0.39, 0.29) is 29.8 Å². The van der Waals surface area contributed by atoms with Crippen LogP contribution in [-0.2, 0) is 6.42 Å². The molecule has 0 spiro atoms. The fourth-order valence-electron chi connectivity index (χ4n) is 5.61. The van der Waals surface area contributed by atoms with E-state index in [1.165, 1.54) is 19.2 Å². The van der Waals surface area contributed by atoms with Crippen molar-refractivity contribution in [3.63, 3.8) is 0 Å². The quantitative estimate of drug-likeness (QED) is 0.265. The fraction of sp³-hybridized carbons (Fsp3) is 0.355. The van der Waals surface area contributed by atoms with Crippen LogP contribution >= 0.6 is 0 Å². The molecule has 0 unspecified atom stereocenters. The lowest BCUT2D eigenvalue weighted by Crippen LogP contribution is -2.26. The van der Waals surface area contributed by atoms with Crippen LogP contribution in [0.2, 0.25) is 0 Å². The minimum Gasteiger partial charge on any atom is -0.494 e. The van der Waals surface area contributed by atoms with Crippen LogP contribution < -0.4 is 14.4 Å². The molecule has 3 aromatic carbocycles. The summed E-state index contributed by atoms with van der Waals surface area (Å²) in [6.45, 7) is 2.04. The Bertz CT molecular complexity index is 1340. The van der Waals surface area contributed by atoms with Crippen LogP contribution in [0, 0.1) is 11.6 Å². The number of hydrogen-bond acceptors (Lipinski definition) is 4. The average molecular weight is 542 g/mol. The van der Waals surface area contributed by atoms with Gasteiger partial charge in [-0.1, -0.05) is 18.2 Å². The topological polar surface area (TPSA) is 30.9 Å². The lowest BCUT2D eigenvalue weighted by Gasteiger charge is -2.19. The summed E-state index contributed by atoms with van der Waals surface area (Å²) in [4.78, 5) is 6.17. The number of methoxy groups -OCH3 is 1. The van der Waals surface area contributed by atoms with Crippen molar-refractivity contribution in [2.45, 2.75) is 38.2 Å². The Morgan fingerprint density at radius 1 is 0.923 bits per heavy atom. The number of alkyl halides is 1. The number of fused-ring (bicyclic) bond motifs is 1. The molecule has 0 saturated carbocycles. The highest BCUT2D eigenvalue weighted by atomic mass is 19.3. The van der Waals surface area contributed by atoms with Crippen molar-refractivity contribution in [3.05, 3.63) is 88.5 Å². The van der Waals surface area contributed by atoms with Crippen molar-refractivity contribution in [2.24, 2.45) is 0 Å². The van der Waals surface area contributed by atoms with E-state index in [4.69, 9.17) is 9.47 Å². The number of ether oxygens (including phenoxy) is 2. The molecule has 1 heterocycles. The molecule has 206 valence electrons. The van der Waals surface area contributed by atoms with Gasteiger partial charge in [-0.15, -0.1) is 0 Å². The van der Waals surface area contributed by atoms with Crippen molar-refractivity contribution in [2.75, 3.05) is 33.4 Å². The van der Waals surface area contributed by atoms with Crippen LogP contribution in [0.5, 0.6) is 17.2 Å². The Balaban J connectivity index is 1.52. The van der Waals surface area contributed by atoms with Crippen LogP contribution in [0.4, 0.5) is 17.7 Å². The third-order valence-electron chi connectivity index (χ3n) is 7.48. The molecular formula is C31H31F4NO3. The van der Waals surface area contributed by atoms with Crippen molar-refractivity contribution < 1.29 is 32.1 Å². The van der Waals surface area contributed by atoms with Crippen LogP contribution in [0.3, 0.4) is 0 Å². The zero-order valence-corrected chi connectivity index (χ0v) is 21.8. The Morgan fingerprint density at radius 2 is 1.69 bits per heavy atom. The highest BCUT2D eigenvalue weighted by molar-refractivity contribution is 6.00. The van der Waals surface area contributed by atoms with Crippen molar-refractivity contribution in [1.29, 1.82) is 0 Å². The van der Waals surface area contributed by atoms with Gasteiger partial charge in [-0.3, -0.25) is 14.2 Å². The highest BCUT2D eigenvalue weighted by Gasteiger charge is 2.26. The van der Waals surface area contributed by atoms with E-state index in [9.17, 15) is 13.3 Å². The number of allylic oxidation sites excluding steroid dienone is 1. The first-order valence-corrected chi connectivity index (χ1v) is 13.2. The molecule has 8 heteroatoms. The average Bonchev–Trinajstić information content (AvgIpc) is 3.32. The van der Waals surface area contributed by atoms with Gasteiger partial charge in [0.1, 0.15) is 11.9 Å². The summed E-state index contributed by atoms with van der Waals surface area (Å²) in [5, 5.41) is 0. The van der Waals surface area contributed by atoms with Gasteiger partial charge in [-0.25, -0.2) is 4.39 Å². The van der Waals surface area contributed by atoms with Crippen LogP contribution in [0.1, 0.15) is 47.9 Å². The molecule has 1 atom stereocenters. The molecular weight excluding hydrogens is 510 g/mol. The third kappa shape index (κ3) is 5.76. The fourth-order valence-corrected chi connectivity index (χ4v) is 5.61. The SMILES string of the molecule is COc1ccc(C2=C(c3ccc(O[C@H]4CCN(CCCF)C4)cc3)c3ccc(OF)cc3CCC2)c(F)c1F. The normalized spacial score (nSPS) is 17.6. The molecule has 1 fully saturated rings. The smallest absolute Gasteiger partial charge is 0.201 e. The van der Waals surface area contributed by atoms with Gasteiger partial charge in [0.2, 0.25) is 5.82 Å². The second-order valence-electron chi connectivity index (χ2n) is 9.94. The minimum atomic E-state index is -1.03. The number of likely N-dealkylation sites (tertiary alicyclic amines) is 1. The molecule has 1 aliphatic carbocycles. The first-order valence-electron chi connectivity index (χ1n) is 13.2. The van der Waals surface area contributed by atoms with Gasteiger partial charge in [0.15, 0.2) is 17.3 Å². The van der Waals surface area contributed by atoms with Gasteiger partial charge in [0, 0.05) is 29.7 Å². The summed E-state index contributed by atoms with van der Waals surface area (Å²) in [5.74, 6) is -1.36. The van der Waals surface area contributed by atoms with Crippen molar-refractivity contribution in [1.82, 2.24) is 4.90 Å². The maximum atomic E-state index is 15.3. The zero-order chi connectivity index (χ0) is 27.4. The van der Waals surface area contributed by atoms with Gasteiger partial charge in [-0.2, -0.15) is 4.39 Å². The van der Waals surface area contributed by atoms with E-state index in [1.54, 1.807) is 18.2 Å². The molecule has 0 aromatic heterocycles. The van der Waals surface area contributed by atoms with Gasteiger partial charge in [0.05, 0.1) is 13.8 Å². The van der Waals surface area contributed by atoms with Gasteiger partial charge < -0.3 is 9.47 Å². The number of hydrogen-bond donors (Lipinski definition) is 0. The van der Waals surface area contributed by atoms with Crippen LogP contribution in [-0.4, -0.2) is 44.4 Å². The van der Waals surface area contributed by atoms with Crippen molar-refractivity contribution in [3.8, 4) is 17.2 Å². The van der Waals surface area contributed by atoms with E-state index < -0.39 is 11.6 Å². The Kier molecular flexibility index (Phi) is 8.41. The largest absolute Gasteiger partial charge is 0.494 e. The predicted octanol–water partition coefficient (Wildman–Crippen LogP) is 7.34. The Morgan fingerprint density at radius 3 is 2.44 bits per heavy atom. The number of aryl methyl sites for hydroxylation is 1. The second-order valence-corrected chi connectivity index (χ2v) is 9.94. The standard InChI is InChI=1S/C31H31F4NO3/c1-37-28-13-12-27(30(33)31(28)34)26-5-2-4-21-18-23(39-35)10-11-25(21)29(26)20-6-8-22(9-7-20)38-24-14-17-36(19-24)16-3-15-32/h6-13,18,24H,2-5,14-17,19H2,1H3/t24-/m0/s1. The second kappa shape index (κ2) is 12.1. The lowest BCUT2D eigenvalue weighted by molar-refractivity contribution is -0.00629. The number of nitrogens with zero attached hydrogens (tertiary/aromatic N) is 1. The van der Waals surface area contributed by atoms with E-state index in [0.29, 0.717) is 37.0 Å². The van der Waals surface area contributed by atoms with E-state index >= 15 is 4.39 Å². The first-order chi connectivity index (χ1) is 19.0. The molecule has 0 bridgehead atoms. The van der Waals surface area contributed by atoms with Crippen LogP contribution in [0.15, 0.2) is 54.6 Å². The van der Waals surface area contributed by atoms with Crippen LogP contribution in [0.25, 0.3) is 11.1 Å². The zero-order valence-electron chi connectivity index (χ0n) is 21.8. The molecule has 1 aliphatic heterocycles. The highest BCUT2D eigenvalue weighted by Crippen LogP contribution is 2.42. The molecule has 4 nitrogen and oxygen atoms in total. The van der Waals surface area contributed by atoms with E-state index in [0.717, 1.165) is 48.3 Å². The molecule has 39 heavy (non-hydrogen) atoms. The van der Waals surface area contributed by atoms with E-state index in [2.05, 4.69) is 9.84 Å². The molecule has 0 N–H and O–H groups in total. The molecule has 2 aliphatic rings. The summed E-state index contributed by atoms with van der Waals surface area (Å²) in [6.07, 6.45) is 3.21. The summed E-state index contributed by atoms with van der Waals surface area (Å²) < 4.78 is 66.8. The summed E-state index contributed by atoms with van der Waals surface area (Å²) >= 11 is 0. The monoisotopic (exact) mass is 541 g/mol. The Labute approximate surface area is 225 Å². The molecule has 0 radical (unpaired) electrons. The summed E-state index contributed by atoms with van der Waals surface area (Å²) in [5.41, 5.74) is 4.06. The summed E-state index contributed by atoms with van der Waals surface area (Å²) in [7, 11) is 1.30. The number of rotatable bonds is 9. The molecule has 3 aromatic rings. The van der Waals surface area contributed by atoms with Gasteiger partial charge in [-0.05, 0) is 96.3 Å². The number of halogens is 4. The first kappa shape index (κ1) is 27.1. The third-order valence-corrected chi connectivity index (χ3v) is 7.48. The molecule has 5 rings (SSSR count).